The maximum atomic E-state index is 12.5. The molecule has 5 rings (SSSR count). The van der Waals surface area contributed by atoms with Crippen LogP contribution in [0.5, 0.6) is 5.75 Å². The molecule has 0 aliphatic carbocycles. The Kier molecular flexibility index (Phi) is 5.69. The van der Waals surface area contributed by atoms with Gasteiger partial charge in [-0.1, -0.05) is 60.7 Å². The van der Waals surface area contributed by atoms with Gasteiger partial charge in [-0.25, -0.2) is 4.68 Å². The standard InChI is InChI=1S/C26H23N3O2S/c1-18-24-25(20-12-14-22(15-13-20)31-16-19-8-4-2-5-9-19)32-17-23(30)27-26(24)29(28-18)21-10-6-3-7-11-21/h2-15,25H,16-17H2,1H3,(H,27,30)/t25-/m0/s1. The Morgan fingerprint density at radius 2 is 1.69 bits per heavy atom. The van der Waals surface area contributed by atoms with Crippen molar-refractivity contribution in [3.05, 3.63) is 107 Å². The zero-order valence-corrected chi connectivity index (χ0v) is 18.5. The van der Waals surface area contributed by atoms with Gasteiger partial charge in [0.15, 0.2) is 0 Å². The molecule has 5 nitrogen and oxygen atoms in total. The van der Waals surface area contributed by atoms with E-state index in [1.807, 2.05) is 72.3 Å². The number of thioether (sulfide) groups is 1. The Balaban J connectivity index is 1.44. The Labute approximate surface area is 191 Å². The highest BCUT2D eigenvalue weighted by Crippen LogP contribution is 2.44. The van der Waals surface area contributed by atoms with Crippen molar-refractivity contribution >= 4 is 23.5 Å². The first-order valence-corrected chi connectivity index (χ1v) is 11.6. The Hall–Kier alpha value is -3.51. The van der Waals surface area contributed by atoms with Crippen LogP contribution in [0.15, 0.2) is 84.9 Å². The summed E-state index contributed by atoms with van der Waals surface area (Å²) in [5, 5.41) is 7.84. The molecule has 1 N–H and O–H groups in total. The molecule has 0 saturated heterocycles. The number of hydrogen-bond acceptors (Lipinski definition) is 4. The molecule has 0 spiro atoms. The first-order valence-electron chi connectivity index (χ1n) is 10.5. The molecule has 0 saturated carbocycles. The minimum absolute atomic E-state index is 0.00425. The Bertz CT molecular complexity index is 1220. The molecule has 0 bridgehead atoms. The molecule has 0 fully saturated rings. The first-order chi connectivity index (χ1) is 15.7. The molecular formula is C26H23N3O2S. The predicted octanol–water partition coefficient (Wildman–Crippen LogP) is 5.53. The summed E-state index contributed by atoms with van der Waals surface area (Å²) in [6.45, 7) is 2.53. The summed E-state index contributed by atoms with van der Waals surface area (Å²) in [4.78, 5) is 12.5. The molecule has 0 unspecified atom stereocenters. The molecule has 160 valence electrons. The molecule has 6 heteroatoms. The van der Waals surface area contributed by atoms with E-state index < -0.39 is 0 Å². The van der Waals surface area contributed by atoms with Gasteiger partial charge in [-0.15, -0.1) is 11.8 Å². The summed E-state index contributed by atoms with van der Waals surface area (Å²) in [6.07, 6.45) is 0. The van der Waals surface area contributed by atoms with Crippen molar-refractivity contribution in [1.29, 1.82) is 0 Å². The van der Waals surface area contributed by atoms with Crippen molar-refractivity contribution in [2.75, 3.05) is 11.1 Å². The van der Waals surface area contributed by atoms with Gasteiger partial charge < -0.3 is 10.1 Å². The molecule has 3 aromatic carbocycles. The van der Waals surface area contributed by atoms with Gasteiger partial charge in [0.2, 0.25) is 5.91 Å². The smallest absolute Gasteiger partial charge is 0.235 e. The highest BCUT2D eigenvalue weighted by molar-refractivity contribution is 8.00. The lowest BCUT2D eigenvalue weighted by Crippen LogP contribution is -2.15. The van der Waals surface area contributed by atoms with Crippen molar-refractivity contribution in [2.45, 2.75) is 18.8 Å². The summed E-state index contributed by atoms with van der Waals surface area (Å²) < 4.78 is 7.77. The number of amides is 1. The zero-order chi connectivity index (χ0) is 21.9. The summed E-state index contributed by atoms with van der Waals surface area (Å²) in [6, 6.07) is 28.2. The number of benzene rings is 3. The van der Waals surface area contributed by atoms with Crippen molar-refractivity contribution in [3.8, 4) is 11.4 Å². The molecule has 1 atom stereocenters. The number of para-hydroxylation sites is 1. The Morgan fingerprint density at radius 3 is 2.41 bits per heavy atom. The molecular weight excluding hydrogens is 418 g/mol. The number of hydrogen-bond donors (Lipinski definition) is 1. The van der Waals surface area contributed by atoms with Gasteiger partial charge in [0.05, 0.1) is 22.4 Å². The van der Waals surface area contributed by atoms with Gasteiger partial charge in [-0.3, -0.25) is 4.79 Å². The van der Waals surface area contributed by atoms with Crippen molar-refractivity contribution < 1.29 is 9.53 Å². The quantitative estimate of drug-likeness (QED) is 0.442. The van der Waals surface area contributed by atoms with E-state index in [1.54, 1.807) is 11.8 Å². The third-order valence-corrected chi connectivity index (χ3v) is 6.71. The summed E-state index contributed by atoms with van der Waals surface area (Å²) in [5.74, 6) is 1.94. The minimum Gasteiger partial charge on any atom is -0.489 e. The van der Waals surface area contributed by atoms with E-state index >= 15 is 0 Å². The fourth-order valence-corrected chi connectivity index (χ4v) is 5.07. The second kappa shape index (κ2) is 8.93. The second-order valence-corrected chi connectivity index (χ2v) is 8.77. The molecule has 1 amide bonds. The topological polar surface area (TPSA) is 56.2 Å². The van der Waals surface area contributed by atoms with Crippen LogP contribution in [-0.2, 0) is 11.4 Å². The fourth-order valence-electron chi connectivity index (χ4n) is 3.88. The van der Waals surface area contributed by atoms with Crippen molar-refractivity contribution in [2.24, 2.45) is 0 Å². The van der Waals surface area contributed by atoms with E-state index in [-0.39, 0.29) is 11.2 Å². The Morgan fingerprint density at radius 1 is 1.00 bits per heavy atom. The third kappa shape index (κ3) is 4.14. The number of carbonyl (C=O) groups excluding carboxylic acids is 1. The molecule has 1 aliphatic rings. The molecule has 0 radical (unpaired) electrons. The number of nitrogens with zero attached hydrogens (tertiary/aromatic N) is 2. The van der Waals surface area contributed by atoms with Crippen molar-refractivity contribution in [1.82, 2.24) is 9.78 Å². The number of anilines is 1. The van der Waals surface area contributed by atoms with Crippen molar-refractivity contribution in [3.63, 3.8) is 0 Å². The van der Waals surface area contributed by atoms with Crippen LogP contribution in [0.25, 0.3) is 5.69 Å². The minimum atomic E-state index is -0.0151. The van der Waals surface area contributed by atoms with E-state index in [0.717, 1.165) is 39.6 Å². The van der Waals surface area contributed by atoms with E-state index in [2.05, 4.69) is 29.6 Å². The van der Waals surface area contributed by atoms with Crippen LogP contribution in [0.4, 0.5) is 5.82 Å². The van der Waals surface area contributed by atoms with E-state index in [4.69, 9.17) is 9.84 Å². The van der Waals surface area contributed by atoms with Crippen LogP contribution in [-0.4, -0.2) is 21.4 Å². The molecule has 1 aliphatic heterocycles. The molecule has 1 aromatic heterocycles. The normalized spacial score (nSPS) is 15.5. The lowest BCUT2D eigenvalue weighted by atomic mass is 10.0. The number of nitrogens with one attached hydrogen (secondary N) is 1. The van der Waals surface area contributed by atoms with Gasteiger partial charge >= 0.3 is 0 Å². The summed E-state index contributed by atoms with van der Waals surface area (Å²) >= 11 is 1.62. The van der Waals surface area contributed by atoms with E-state index in [0.29, 0.717) is 12.4 Å². The lowest BCUT2D eigenvalue weighted by Gasteiger charge is -2.16. The highest BCUT2D eigenvalue weighted by atomic mass is 32.2. The number of aromatic nitrogens is 2. The SMILES string of the molecule is Cc1nn(-c2ccccc2)c2c1[C@H](c1ccc(OCc3ccccc3)cc1)SCC(=O)N2. The van der Waals surface area contributed by atoms with Crippen LogP contribution < -0.4 is 10.1 Å². The summed E-state index contributed by atoms with van der Waals surface area (Å²) in [5.41, 5.74) is 5.13. The van der Waals surface area contributed by atoms with Gasteiger partial charge in [0.25, 0.3) is 0 Å². The largest absolute Gasteiger partial charge is 0.489 e. The van der Waals surface area contributed by atoms with E-state index in [9.17, 15) is 4.79 Å². The number of carbonyl (C=O) groups is 1. The van der Waals surface area contributed by atoms with Crippen LogP contribution >= 0.6 is 11.8 Å². The van der Waals surface area contributed by atoms with Gasteiger partial charge in [-0.2, -0.15) is 5.10 Å². The second-order valence-electron chi connectivity index (χ2n) is 7.68. The highest BCUT2D eigenvalue weighted by Gasteiger charge is 2.30. The predicted molar refractivity (Wildman–Crippen MR) is 128 cm³/mol. The molecule has 32 heavy (non-hydrogen) atoms. The first kappa shape index (κ1) is 20.4. The van der Waals surface area contributed by atoms with Gasteiger partial charge in [-0.05, 0) is 42.3 Å². The maximum Gasteiger partial charge on any atom is 0.235 e. The van der Waals surface area contributed by atoms with Gasteiger partial charge in [0, 0.05) is 5.56 Å². The number of rotatable bonds is 5. The fraction of sp³-hybridized carbons (Fsp3) is 0.154. The lowest BCUT2D eigenvalue weighted by molar-refractivity contribution is -0.113. The zero-order valence-electron chi connectivity index (χ0n) is 17.7. The summed E-state index contributed by atoms with van der Waals surface area (Å²) in [7, 11) is 0. The molecule has 2 heterocycles. The maximum absolute atomic E-state index is 12.5. The third-order valence-electron chi connectivity index (χ3n) is 5.44. The van der Waals surface area contributed by atoms with Crippen LogP contribution in [0.2, 0.25) is 0 Å². The average Bonchev–Trinajstić information content (AvgIpc) is 3.04. The van der Waals surface area contributed by atoms with Crippen LogP contribution in [0.1, 0.15) is 27.6 Å². The molecule has 4 aromatic rings. The average molecular weight is 442 g/mol. The van der Waals surface area contributed by atoms with Crippen LogP contribution in [0, 0.1) is 6.92 Å². The van der Waals surface area contributed by atoms with E-state index in [1.165, 1.54) is 0 Å². The van der Waals surface area contributed by atoms with Gasteiger partial charge in [0.1, 0.15) is 18.2 Å². The monoisotopic (exact) mass is 441 g/mol. The number of aryl methyl sites for hydroxylation is 1. The number of ether oxygens (including phenoxy) is 1. The van der Waals surface area contributed by atoms with Crippen LogP contribution in [0.3, 0.4) is 0 Å². The number of fused-ring (bicyclic) bond motifs is 1.